The van der Waals surface area contributed by atoms with Crippen LogP contribution in [0.4, 0.5) is 4.79 Å². The van der Waals surface area contributed by atoms with Crippen molar-refractivity contribution in [2.75, 3.05) is 13.2 Å². The number of aryl methyl sites for hydroxylation is 1. The molecule has 0 aliphatic carbocycles. The zero-order valence-electron chi connectivity index (χ0n) is 14.3. The van der Waals surface area contributed by atoms with Gasteiger partial charge in [0.1, 0.15) is 5.60 Å². The molecule has 0 N–H and O–H groups in total. The Kier molecular flexibility index (Phi) is 4.19. The zero-order chi connectivity index (χ0) is 16.6. The van der Waals surface area contributed by atoms with Crippen LogP contribution >= 0.6 is 0 Å². The van der Waals surface area contributed by atoms with E-state index in [1.807, 2.05) is 25.7 Å². The quantitative estimate of drug-likeness (QED) is 0.791. The number of nitrogens with zero attached hydrogens (tertiary/aromatic N) is 1. The predicted octanol–water partition coefficient (Wildman–Crippen LogP) is 3.79. The van der Waals surface area contributed by atoms with Crippen molar-refractivity contribution >= 4 is 11.7 Å². The molecule has 0 saturated carbocycles. The van der Waals surface area contributed by atoms with Crippen LogP contribution in [0.25, 0.3) is 5.57 Å². The van der Waals surface area contributed by atoms with Crippen LogP contribution < -0.4 is 0 Å². The summed E-state index contributed by atoms with van der Waals surface area (Å²) in [6.07, 6.45) is 2.73. The first kappa shape index (κ1) is 16.1. The lowest BCUT2D eigenvalue weighted by Crippen LogP contribution is -2.57. The van der Waals surface area contributed by atoms with Crippen molar-refractivity contribution in [3.63, 3.8) is 0 Å². The van der Waals surface area contributed by atoms with Crippen molar-refractivity contribution in [3.8, 4) is 0 Å². The number of amides is 1. The Labute approximate surface area is 138 Å². The van der Waals surface area contributed by atoms with Crippen LogP contribution in [0.1, 0.15) is 38.3 Å². The highest BCUT2D eigenvalue weighted by Crippen LogP contribution is 2.33. The molecule has 1 fully saturated rings. The van der Waals surface area contributed by atoms with Gasteiger partial charge in [0.25, 0.3) is 0 Å². The summed E-state index contributed by atoms with van der Waals surface area (Å²) >= 11 is 0. The Hall–Kier alpha value is -1.81. The van der Waals surface area contributed by atoms with Gasteiger partial charge in [-0.1, -0.05) is 35.9 Å². The minimum absolute atomic E-state index is 0.0455. The molecule has 1 aromatic rings. The molecule has 23 heavy (non-hydrogen) atoms. The lowest BCUT2D eigenvalue weighted by Gasteiger charge is -2.44. The minimum atomic E-state index is -0.479. The molecule has 1 amide bonds. The fourth-order valence-electron chi connectivity index (χ4n) is 3.25. The summed E-state index contributed by atoms with van der Waals surface area (Å²) in [4.78, 5) is 14.4. The number of rotatable bonds is 1. The molecule has 2 atom stereocenters. The van der Waals surface area contributed by atoms with Crippen LogP contribution in [0.2, 0.25) is 0 Å². The van der Waals surface area contributed by atoms with E-state index in [-0.39, 0.29) is 18.2 Å². The highest BCUT2D eigenvalue weighted by Gasteiger charge is 2.40. The average molecular weight is 315 g/mol. The SMILES string of the molecule is Cc1cccc(C2=CC3COCC(C2)N3C(=O)OC(C)(C)C)c1. The molecular formula is C19H25NO3. The number of carbonyl (C=O) groups is 1. The third-order valence-corrected chi connectivity index (χ3v) is 4.19. The van der Waals surface area contributed by atoms with Crippen LogP contribution in [-0.4, -0.2) is 41.9 Å². The summed E-state index contributed by atoms with van der Waals surface area (Å²) in [6, 6.07) is 8.52. The first-order chi connectivity index (χ1) is 10.8. The largest absolute Gasteiger partial charge is 0.444 e. The molecule has 2 unspecified atom stereocenters. The number of benzene rings is 1. The Morgan fingerprint density at radius 2 is 2.09 bits per heavy atom. The number of carbonyl (C=O) groups excluding carboxylic acids is 1. The van der Waals surface area contributed by atoms with E-state index < -0.39 is 5.60 Å². The van der Waals surface area contributed by atoms with Crippen molar-refractivity contribution in [3.05, 3.63) is 41.5 Å². The molecule has 0 radical (unpaired) electrons. The van der Waals surface area contributed by atoms with Crippen molar-refractivity contribution in [1.82, 2.24) is 4.90 Å². The number of ether oxygens (including phenoxy) is 2. The summed E-state index contributed by atoms with van der Waals surface area (Å²) in [6.45, 7) is 8.90. The van der Waals surface area contributed by atoms with E-state index in [4.69, 9.17) is 9.47 Å². The molecule has 2 heterocycles. The second kappa shape index (κ2) is 6.00. The second-order valence-corrected chi connectivity index (χ2v) is 7.41. The average Bonchev–Trinajstić information content (AvgIpc) is 2.44. The molecule has 1 saturated heterocycles. The van der Waals surface area contributed by atoms with Gasteiger partial charge in [0.15, 0.2) is 0 Å². The summed E-state index contributed by atoms with van der Waals surface area (Å²) < 4.78 is 11.2. The number of hydrogen-bond acceptors (Lipinski definition) is 3. The minimum Gasteiger partial charge on any atom is -0.444 e. The van der Waals surface area contributed by atoms with Crippen molar-refractivity contribution < 1.29 is 14.3 Å². The molecule has 0 spiro atoms. The first-order valence-electron chi connectivity index (χ1n) is 8.20. The smallest absolute Gasteiger partial charge is 0.411 e. The molecule has 3 rings (SSSR count). The molecule has 0 aromatic heterocycles. The van der Waals surface area contributed by atoms with E-state index in [1.54, 1.807) is 0 Å². The van der Waals surface area contributed by atoms with E-state index in [0.717, 1.165) is 6.42 Å². The molecule has 1 aromatic carbocycles. The van der Waals surface area contributed by atoms with Gasteiger partial charge in [-0.3, -0.25) is 4.90 Å². The highest BCUT2D eigenvalue weighted by molar-refractivity contribution is 5.75. The summed E-state index contributed by atoms with van der Waals surface area (Å²) in [7, 11) is 0. The maximum atomic E-state index is 12.5. The molecule has 2 aliphatic rings. The van der Waals surface area contributed by atoms with Gasteiger partial charge in [-0.15, -0.1) is 0 Å². The van der Waals surface area contributed by atoms with Crippen LogP contribution in [0.3, 0.4) is 0 Å². The number of fused-ring (bicyclic) bond motifs is 2. The van der Waals surface area contributed by atoms with Crippen molar-refractivity contribution in [1.29, 1.82) is 0 Å². The topological polar surface area (TPSA) is 38.8 Å². The van der Waals surface area contributed by atoms with E-state index in [9.17, 15) is 4.79 Å². The monoisotopic (exact) mass is 315 g/mol. The fourth-order valence-corrected chi connectivity index (χ4v) is 3.25. The van der Waals surface area contributed by atoms with E-state index in [0.29, 0.717) is 13.2 Å². The predicted molar refractivity (Wildman–Crippen MR) is 90.2 cm³/mol. The van der Waals surface area contributed by atoms with Gasteiger partial charge in [0.05, 0.1) is 25.3 Å². The maximum Gasteiger partial charge on any atom is 0.411 e. The molecule has 2 bridgehead atoms. The molecule has 124 valence electrons. The van der Waals surface area contributed by atoms with Crippen LogP contribution in [0.15, 0.2) is 30.3 Å². The normalized spacial score (nSPS) is 24.2. The number of morpholine rings is 1. The first-order valence-corrected chi connectivity index (χ1v) is 8.20. The molecular weight excluding hydrogens is 290 g/mol. The summed E-state index contributed by atoms with van der Waals surface area (Å²) in [5, 5.41) is 0. The Bertz CT molecular complexity index is 630. The van der Waals surface area contributed by atoms with E-state index >= 15 is 0 Å². The summed E-state index contributed by atoms with van der Waals surface area (Å²) in [5.74, 6) is 0. The second-order valence-electron chi connectivity index (χ2n) is 7.41. The van der Waals surface area contributed by atoms with Gasteiger partial charge in [0.2, 0.25) is 0 Å². The molecule has 4 nitrogen and oxygen atoms in total. The lowest BCUT2D eigenvalue weighted by atomic mass is 9.89. The number of hydrogen-bond donors (Lipinski definition) is 0. The fraction of sp³-hybridized carbons (Fsp3) is 0.526. The Morgan fingerprint density at radius 1 is 1.30 bits per heavy atom. The van der Waals surface area contributed by atoms with Crippen LogP contribution in [-0.2, 0) is 9.47 Å². The molecule has 4 heteroatoms. The third kappa shape index (κ3) is 3.58. The Morgan fingerprint density at radius 3 is 2.74 bits per heavy atom. The standard InChI is InChI=1S/C19H25NO3/c1-13-6-5-7-14(8-13)15-9-16-11-22-12-17(10-15)20(16)18(21)23-19(2,3)4/h5-9,16-17H,10-12H2,1-4H3. The van der Waals surface area contributed by atoms with Crippen molar-refractivity contribution in [2.24, 2.45) is 0 Å². The van der Waals surface area contributed by atoms with Crippen LogP contribution in [0, 0.1) is 6.92 Å². The molecule has 2 aliphatic heterocycles. The van der Waals surface area contributed by atoms with Gasteiger partial charge in [-0.25, -0.2) is 4.79 Å². The highest BCUT2D eigenvalue weighted by atomic mass is 16.6. The van der Waals surface area contributed by atoms with Crippen molar-refractivity contribution in [2.45, 2.75) is 51.8 Å². The van der Waals surface area contributed by atoms with Gasteiger partial charge >= 0.3 is 6.09 Å². The van der Waals surface area contributed by atoms with Crippen LogP contribution in [0.5, 0.6) is 0 Å². The third-order valence-electron chi connectivity index (χ3n) is 4.19. The zero-order valence-corrected chi connectivity index (χ0v) is 14.3. The van der Waals surface area contributed by atoms with E-state index in [2.05, 4.69) is 37.3 Å². The van der Waals surface area contributed by atoms with Gasteiger partial charge < -0.3 is 9.47 Å². The van der Waals surface area contributed by atoms with Gasteiger partial charge in [0, 0.05) is 0 Å². The van der Waals surface area contributed by atoms with E-state index in [1.165, 1.54) is 16.7 Å². The maximum absolute atomic E-state index is 12.5. The Balaban J connectivity index is 1.86. The lowest BCUT2D eigenvalue weighted by molar-refractivity contribution is -0.0510. The van der Waals surface area contributed by atoms with Gasteiger partial charge in [-0.2, -0.15) is 0 Å². The van der Waals surface area contributed by atoms with Gasteiger partial charge in [-0.05, 0) is 45.3 Å². The summed E-state index contributed by atoms with van der Waals surface area (Å²) in [5.41, 5.74) is 3.31.